The standard InChI is InChI=1S/C18H20BrFN2/c19-15-8-6-14(7-9-15)18(16-4-1-2-5-17(16)20)22-12-3-10-21-11-13-22/h1-2,4-9,18,21H,3,10-13H2. The lowest BCUT2D eigenvalue weighted by atomic mass is 9.96. The molecule has 0 aromatic heterocycles. The Morgan fingerprint density at radius 2 is 1.77 bits per heavy atom. The second-order valence-electron chi connectivity index (χ2n) is 5.62. The summed E-state index contributed by atoms with van der Waals surface area (Å²) >= 11 is 3.48. The molecule has 2 aromatic rings. The van der Waals surface area contributed by atoms with Crippen molar-refractivity contribution in [3.05, 3.63) is 69.9 Å². The monoisotopic (exact) mass is 362 g/mol. The van der Waals surface area contributed by atoms with Gasteiger partial charge in [-0.2, -0.15) is 0 Å². The molecule has 0 amide bonds. The number of nitrogens with one attached hydrogen (secondary N) is 1. The maximum Gasteiger partial charge on any atom is 0.128 e. The molecule has 1 aliphatic rings. The van der Waals surface area contributed by atoms with Crippen LogP contribution in [-0.4, -0.2) is 31.1 Å². The predicted octanol–water partition coefficient (Wildman–Crippen LogP) is 3.97. The van der Waals surface area contributed by atoms with E-state index in [2.05, 4.69) is 38.3 Å². The average molecular weight is 363 g/mol. The van der Waals surface area contributed by atoms with E-state index in [1.165, 1.54) is 0 Å². The van der Waals surface area contributed by atoms with E-state index in [0.717, 1.165) is 48.2 Å². The summed E-state index contributed by atoms with van der Waals surface area (Å²) in [5.41, 5.74) is 1.89. The highest BCUT2D eigenvalue weighted by Crippen LogP contribution is 2.31. The third-order valence-electron chi connectivity index (χ3n) is 4.13. The average Bonchev–Trinajstić information content (AvgIpc) is 2.80. The van der Waals surface area contributed by atoms with Gasteiger partial charge in [0.15, 0.2) is 0 Å². The molecule has 1 unspecified atom stereocenters. The highest BCUT2D eigenvalue weighted by Gasteiger charge is 2.25. The van der Waals surface area contributed by atoms with E-state index in [1.807, 2.05) is 24.3 Å². The molecule has 1 atom stereocenters. The van der Waals surface area contributed by atoms with Crippen LogP contribution in [0.3, 0.4) is 0 Å². The van der Waals surface area contributed by atoms with Crippen LogP contribution in [0, 0.1) is 5.82 Å². The van der Waals surface area contributed by atoms with E-state index in [4.69, 9.17) is 0 Å². The van der Waals surface area contributed by atoms with E-state index in [-0.39, 0.29) is 11.9 Å². The normalized spacial score (nSPS) is 17.9. The minimum Gasteiger partial charge on any atom is -0.315 e. The molecule has 22 heavy (non-hydrogen) atoms. The SMILES string of the molecule is Fc1ccccc1C(c1ccc(Br)cc1)N1CCCNCC1. The highest BCUT2D eigenvalue weighted by atomic mass is 79.9. The van der Waals surface area contributed by atoms with E-state index in [1.54, 1.807) is 12.1 Å². The molecular weight excluding hydrogens is 343 g/mol. The van der Waals surface area contributed by atoms with Gasteiger partial charge in [0.2, 0.25) is 0 Å². The van der Waals surface area contributed by atoms with Crippen molar-refractivity contribution in [1.29, 1.82) is 0 Å². The van der Waals surface area contributed by atoms with Crippen molar-refractivity contribution in [3.8, 4) is 0 Å². The smallest absolute Gasteiger partial charge is 0.128 e. The summed E-state index contributed by atoms with van der Waals surface area (Å²) in [6, 6.07) is 15.3. The summed E-state index contributed by atoms with van der Waals surface area (Å²) in [6.07, 6.45) is 1.08. The lowest BCUT2D eigenvalue weighted by Crippen LogP contribution is -2.33. The molecule has 1 saturated heterocycles. The maximum absolute atomic E-state index is 14.4. The third-order valence-corrected chi connectivity index (χ3v) is 4.65. The molecule has 0 aliphatic carbocycles. The molecule has 0 radical (unpaired) electrons. The summed E-state index contributed by atoms with van der Waals surface area (Å²) in [7, 11) is 0. The van der Waals surface area contributed by atoms with Crippen LogP contribution in [-0.2, 0) is 0 Å². The van der Waals surface area contributed by atoms with Crippen molar-refractivity contribution in [2.45, 2.75) is 12.5 Å². The minimum absolute atomic E-state index is 0.0331. The molecule has 1 heterocycles. The Hall–Kier alpha value is -1.23. The number of nitrogens with zero attached hydrogens (tertiary/aromatic N) is 1. The Bertz CT molecular complexity index is 607. The quantitative estimate of drug-likeness (QED) is 0.888. The molecule has 116 valence electrons. The molecule has 1 aliphatic heterocycles. The minimum atomic E-state index is -0.132. The fourth-order valence-electron chi connectivity index (χ4n) is 3.05. The van der Waals surface area contributed by atoms with Gasteiger partial charge in [0.1, 0.15) is 5.82 Å². The number of hydrogen-bond acceptors (Lipinski definition) is 2. The van der Waals surface area contributed by atoms with Gasteiger partial charge in [-0.25, -0.2) is 4.39 Å². The second-order valence-corrected chi connectivity index (χ2v) is 6.53. The first-order valence-corrected chi connectivity index (χ1v) is 8.49. The Labute approximate surface area is 139 Å². The number of benzene rings is 2. The topological polar surface area (TPSA) is 15.3 Å². The lowest BCUT2D eigenvalue weighted by molar-refractivity contribution is 0.237. The molecule has 2 nitrogen and oxygen atoms in total. The van der Waals surface area contributed by atoms with Crippen molar-refractivity contribution in [3.63, 3.8) is 0 Å². The zero-order valence-electron chi connectivity index (χ0n) is 12.4. The van der Waals surface area contributed by atoms with Gasteiger partial charge < -0.3 is 5.32 Å². The molecule has 0 spiro atoms. The van der Waals surface area contributed by atoms with Gasteiger partial charge in [0.05, 0.1) is 6.04 Å². The summed E-state index contributed by atoms with van der Waals surface area (Å²) in [4.78, 5) is 2.38. The molecule has 4 heteroatoms. The van der Waals surface area contributed by atoms with Crippen molar-refractivity contribution in [1.82, 2.24) is 10.2 Å². The first-order valence-electron chi connectivity index (χ1n) is 7.70. The molecule has 0 bridgehead atoms. The zero-order chi connectivity index (χ0) is 15.4. The van der Waals surface area contributed by atoms with Crippen LogP contribution in [0.1, 0.15) is 23.6 Å². The molecular formula is C18H20BrFN2. The van der Waals surface area contributed by atoms with Crippen molar-refractivity contribution >= 4 is 15.9 Å². The van der Waals surface area contributed by atoms with E-state index in [0.29, 0.717) is 0 Å². The molecule has 3 rings (SSSR count). The van der Waals surface area contributed by atoms with Crippen LogP contribution in [0.2, 0.25) is 0 Å². The lowest BCUT2D eigenvalue weighted by Gasteiger charge is -2.31. The molecule has 1 fully saturated rings. The van der Waals surface area contributed by atoms with Crippen LogP contribution in [0.15, 0.2) is 53.0 Å². The summed E-state index contributed by atoms with van der Waals surface area (Å²) in [5.74, 6) is -0.132. The van der Waals surface area contributed by atoms with Crippen molar-refractivity contribution in [2.75, 3.05) is 26.2 Å². The van der Waals surface area contributed by atoms with Gasteiger partial charge in [-0.3, -0.25) is 4.90 Å². The summed E-state index contributed by atoms with van der Waals surface area (Å²) in [5, 5.41) is 3.42. The van der Waals surface area contributed by atoms with Gasteiger partial charge in [-0.1, -0.05) is 46.3 Å². The van der Waals surface area contributed by atoms with Crippen LogP contribution >= 0.6 is 15.9 Å². The number of rotatable bonds is 3. The fraction of sp³-hybridized carbons (Fsp3) is 0.333. The first kappa shape index (κ1) is 15.7. The number of halogens is 2. The predicted molar refractivity (Wildman–Crippen MR) is 91.4 cm³/mol. The van der Waals surface area contributed by atoms with Gasteiger partial charge in [0.25, 0.3) is 0 Å². The van der Waals surface area contributed by atoms with Crippen LogP contribution < -0.4 is 5.32 Å². The van der Waals surface area contributed by atoms with Gasteiger partial charge in [-0.05, 0) is 36.7 Å². The fourth-order valence-corrected chi connectivity index (χ4v) is 3.32. The van der Waals surface area contributed by atoms with Crippen molar-refractivity contribution in [2.24, 2.45) is 0 Å². The Kier molecular flexibility index (Phi) is 5.24. The van der Waals surface area contributed by atoms with E-state index in [9.17, 15) is 4.39 Å². The Morgan fingerprint density at radius 3 is 2.55 bits per heavy atom. The Balaban J connectivity index is 2.01. The number of hydrogen-bond donors (Lipinski definition) is 1. The van der Waals surface area contributed by atoms with Gasteiger partial charge >= 0.3 is 0 Å². The maximum atomic E-state index is 14.4. The summed E-state index contributed by atoms with van der Waals surface area (Å²) < 4.78 is 15.5. The van der Waals surface area contributed by atoms with Gasteiger partial charge in [0, 0.05) is 29.7 Å². The van der Waals surface area contributed by atoms with Crippen LogP contribution in [0.4, 0.5) is 4.39 Å². The first-order chi connectivity index (χ1) is 10.8. The molecule has 2 aromatic carbocycles. The van der Waals surface area contributed by atoms with Crippen molar-refractivity contribution < 1.29 is 4.39 Å². The largest absolute Gasteiger partial charge is 0.315 e. The van der Waals surface area contributed by atoms with E-state index >= 15 is 0 Å². The van der Waals surface area contributed by atoms with Gasteiger partial charge in [-0.15, -0.1) is 0 Å². The van der Waals surface area contributed by atoms with E-state index < -0.39 is 0 Å². The van der Waals surface area contributed by atoms with Crippen LogP contribution in [0.5, 0.6) is 0 Å². The molecule has 1 N–H and O–H groups in total. The summed E-state index contributed by atoms with van der Waals surface area (Å²) in [6.45, 7) is 3.87. The Morgan fingerprint density at radius 1 is 1.00 bits per heavy atom. The third kappa shape index (κ3) is 3.57. The van der Waals surface area contributed by atoms with Crippen LogP contribution in [0.25, 0.3) is 0 Å². The molecule has 0 saturated carbocycles. The zero-order valence-corrected chi connectivity index (χ0v) is 14.0. The highest BCUT2D eigenvalue weighted by molar-refractivity contribution is 9.10. The second kappa shape index (κ2) is 7.36.